The SMILES string of the molecule is CC1(Nc2ncc(C(=O)Nc3cc(-c4cccs4)ccc3N)cn2)CCN(C(O)Oc2ccccc2)CC1. The molecule has 5 N–H and O–H groups in total. The van der Waals surface area contributed by atoms with Gasteiger partial charge in [-0.15, -0.1) is 11.3 Å². The highest BCUT2D eigenvalue weighted by Gasteiger charge is 2.33. The van der Waals surface area contributed by atoms with Crippen molar-refractivity contribution in [3.05, 3.63) is 84.0 Å². The standard InChI is InChI=1S/C28H30N6O3S/c1-28(11-13-34(14-12-28)27(36)37-21-6-3-2-4-7-21)33-26-30-17-20(18-31-26)25(35)32-23-16-19(9-10-22(23)29)24-8-5-15-38-24/h2-10,15-18,27,36H,11-14,29H2,1H3,(H,32,35)(H,30,31,33). The molecule has 10 heteroatoms. The van der Waals surface area contributed by atoms with Crippen LogP contribution in [0.4, 0.5) is 17.3 Å². The van der Waals surface area contributed by atoms with Crippen LogP contribution >= 0.6 is 11.3 Å². The monoisotopic (exact) mass is 530 g/mol. The molecule has 4 aromatic rings. The molecule has 1 aliphatic rings. The van der Waals surface area contributed by atoms with E-state index in [0.29, 0.717) is 41.7 Å². The first-order valence-corrected chi connectivity index (χ1v) is 13.3. The second kappa shape index (κ2) is 11.2. The number of para-hydroxylation sites is 1. The number of amides is 1. The van der Waals surface area contributed by atoms with Crippen LogP contribution in [0.5, 0.6) is 5.75 Å². The van der Waals surface area contributed by atoms with Crippen LogP contribution in [0.3, 0.4) is 0 Å². The Bertz CT molecular complexity index is 1360. The number of nitrogens with two attached hydrogens (primary N) is 1. The molecule has 1 saturated heterocycles. The number of aliphatic hydroxyl groups is 1. The minimum Gasteiger partial charge on any atom is -0.451 e. The van der Waals surface area contributed by atoms with Crippen molar-refractivity contribution in [2.24, 2.45) is 0 Å². The third-order valence-corrected chi connectivity index (χ3v) is 7.55. The normalized spacial score (nSPS) is 15.9. The number of carbonyl (C=O) groups excluding carboxylic acids is 1. The summed E-state index contributed by atoms with van der Waals surface area (Å²) in [5, 5.41) is 18.7. The molecule has 0 radical (unpaired) electrons. The molecule has 1 unspecified atom stereocenters. The summed E-state index contributed by atoms with van der Waals surface area (Å²) in [5.74, 6) is 0.734. The lowest BCUT2D eigenvalue weighted by Crippen LogP contribution is -2.52. The lowest BCUT2D eigenvalue weighted by atomic mass is 9.90. The molecule has 0 spiro atoms. The van der Waals surface area contributed by atoms with Gasteiger partial charge < -0.3 is 26.2 Å². The molecule has 0 bridgehead atoms. The quantitative estimate of drug-likeness (QED) is 0.191. The molecular weight excluding hydrogens is 500 g/mol. The van der Waals surface area contributed by atoms with E-state index >= 15 is 0 Å². The highest BCUT2D eigenvalue weighted by atomic mass is 32.1. The van der Waals surface area contributed by atoms with Crippen LogP contribution in [0.25, 0.3) is 10.4 Å². The van der Waals surface area contributed by atoms with Gasteiger partial charge in [0.25, 0.3) is 12.3 Å². The average molecular weight is 531 g/mol. The Hall–Kier alpha value is -3.99. The number of aliphatic hydroxyl groups excluding tert-OH is 1. The maximum Gasteiger partial charge on any atom is 0.259 e. The smallest absolute Gasteiger partial charge is 0.259 e. The number of thiophene rings is 1. The lowest BCUT2D eigenvalue weighted by Gasteiger charge is -2.41. The summed E-state index contributed by atoms with van der Waals surface area (Å²) in [4.78, 5) is 24.6. The molecule has 3 heterocycles. The Morgan fingerprint density at radius 1 is 1.11 bits per heavy atom. The van der Waals surface area contributed by atoms with Gasteiger partial charge >= 0.3 is 0 Å². The predicted octanol–water partition coefficient (Wildman–Crippen LogP) is 4.66. The molecule has 1 aliphatic heterocycles. The van der Waals surface area contributed by atoms with Gasteiger partial charge in [0, 0.05) is 35.9 Å². The van der Waals surface area contributed by atoms with Gasteiger partial charge in [0.1, 0.15) is 5.75 Å². The van der Waals surface area contributed by atoms with Crippen molar-refractivity contribution in [1.29, 1.82) is 0 Å². The minimum atomic E-state index is -1.00. The van der Waals surface area contributed by atoms with Crippen LogP contribution in [0.2, 0.25) is 0 Å². The number of anilines is 3. The fourth-order valence-corrected chi connectivity index (χ4v) is 5.02. The summed E-state index contributed by atoms with van der Waals surface area (Å²) in [6.07, 6.45) is 3.51. The molecule has 0 aliphatic carbocycles. The molecule has 196 valence electrons. The van der Waals surface area contributed by atoms with E-state index in [4.69, 9.17) is 10.5 Å². The van der Waals surface area contributed by atoms with E-state index in [1.165, 1.54) is 12.4 Å². The maximum atomic E-state index is 12.9. The molecule has 5 rings (SSSR count). The molecule has 38 heavy (non-hydrogen) atoms. The van der Waals surface area contributed by atoms with E-state index in [0.717, 1.165) is 23.3 Å². The number of hydrogen-bond acceptors (Lipinski definition) is 9. The fraction of sp³-hybridized carbons (Fsp3) is 0.250. The van der Waals surface area contributed by atoms with Gasteiger partial charge in [0.2, 0.25) is 5.95 Å². The number of nitrogen functional groups attached to an aromatic ring is 1. The van der Waals surface area contributed by atoms with E-state index in [1.807, 2.05) is 64.9 Å². The largest absolute Gasteiger partial charge is 0.451 e. The Morgan fingerprint density at radius 2 is 1.84 bits per heavy atom. The molecule has 1 amide bonds. The summed E-state index contributed by atoms with van der Waals surface area (Å²) < 4.78 is 5.64. The molecule has 2 aromatic carbocycles. The number of carbonyl (C=O) groups is 1. The predicted molar refractivity (Wildman–Crippen MR) is 150 cm³/mol. The van der Waals surface area contributed by atoms with Gasteiger partial charge in [-0.25, -0.2) is 14.9 Å². The molecule has 1 fully saturated rings. The van der Waals surface area contributed by atoms with E-state index in [1.54, 1.807) is 17.4 Å². The summed E-state index contributed by atoms with van der Waals surface area (Å²) in [5.41, 5.74) is 8.18. The van der Waals surface area contributed by atoms with Crippen molar-refractivity contribution >= 4 is 34.6 Å². The molecule has 2 aromatic heterocycles. The lowest BCUT2D eigenvalue weighted by molar-refractivity contribution is -0.144. The number of nitrogens with one attached hydrogen (secondary N) is 2. The number of ether oxygens (including phenoxy) is 1. The molecule has 0 saturated carbocycles. The van der Waals surface area contributed by atoms with Gasteiger partial charge in [-0.1, -0.05) is 30.3 Å². The van der Waals surface area contributed by atoms with Crippen LogP contribution < -0.4 is 21.1 Å². The number of piperidine rings is 1. The first-order chi connectivity index (χ1) is 18.4. The van der Waals surface area contributed by atoms with Gasteiger partial charge in [-0.3, -0.25) is 4.79 Å². The molecule has 9 nitrogen and oxygen atoms in total. The van der Waals surface area contributed by atoms with E-state index in [-0.39, 0.29) is 11.4 Å². The highest BCUT2D eigenvalue weighted by molar-refractivity contribution is 7.13. The first kappa shape index (κ1) is 25.7. The van der Waals surface area contributed by atoms with Crippen LogP contribution in [-0.4, -0.2) is 50.9 Å². The van der Waals surface area contributed by atoms with Crippen molar-refractivity contribution in [2.75, 3.05) is 29.5 Å². The summed E-state index contributed by atoms with van der Waals surface area (Å²) >= 11 is 1.62. The minimum absolute atomic E-state index is 0.260. The van der Waals surface area contributed by atoms with E-state index in [9.17, 15) is 9.90 Å². The highest BCUT2D eigenvalue weighted by Crippen LogP contribution is 2.31. The average Bonchev–Trinajstić information content (AvgIpc) is 3.46. The maximum absolute atomic E-state index is 12.9. The second-order valence-corrected chi connectivity index (χ2v) is 10.5. The van der Waals surface area contributed by atoms with Crippen LogP contribution in [-0.2, 0) is 0 Å². The van der Waals surface area contributed by atoms with Gasteiger partial charge in [-0.05, 0) is 61.0 Å². The Balaban J connectivity index is 1.16. The summed E-state index contributed by atoms with van der Waals surface area (Å²) in [7, 11) is 0. The van der Waals surface area contributed by atoms with Gasteiger partial charge in [-0.2, -0.15) is 0 Å². The third-order valence-electron chi connectivity index (χ3n) is 6.63. The van der Waals surface area contributed by atoms with Gasteiger partial charge in [0.05, 0.1) is 16.9 Å². The van der Waals surface area contributed by atoms with Crippen molar-refractivity contribution in [2.45, 2.75) is 31.7 Å². The number of hydrogen-bond donors (Lipinski definition) is 4. The second-order valence-electron chi connectivity index (χ2n) is 9.51. The number of aromatic nitrogens is 2. The zero-order valence-electron chi connectivity index (χ0n) is 21.0. The summed E-state index contributed by atoms with van der Waals surface area (Å²) in [6.45, 7) is 3.38. The van der Waals surface area contributed by atoms with Crippen molar-refractivity contribution in [1.82, 2.24) is 14.9 Å². The number of rotatable bonds is 8. The van der Waals surface area contributed by atoms with E-state index < -0.39 is 6.41 Å². The first-order valence-electron chi connectivity index (χ1n) is 12.4. The molecule has 1 atom stereocenters. The molecular formula is C28H30N6O3S. The van der Waals surface area contributed by atoms with Crippen molar-refractivity contribution < 1.29 is 14.6 Å². The van der Waals surface area contributed by atoms with Gasteiger partial charge in [0.15, 0.2) is 0 Å². The topological polar surface area (TPSA) is 126 Å². The summed E-state index contributed by atoms with van der Waals surface area (Å²) in [6, 6.07) is 18.9. The van der Waals surface area contributed by atoms with Crippen molar-refractivity contribution in [3.63, 3.8) is 0 Å². The van der Waals surface area contributed by atoms with Crippen LogP contribution in [0, 0.1) is 0 Å². The third kappa shape index (κ3) is 6.10. The van der Waals surface area contributed by atoms with Crippen molar-refractivity contribution in [3.8, 4) is 16.2 Å². The zero-order chi connectivity index (χ0) is 26.5. The Labute approximate surface area is 225 Å². The Morgan fingerprint density at radius 3 is 2.53 bits per heavy atom. The zero-order valence-corrected chi connectivity index (χ0v) is 21.8. The van der Waals surface area contributed by atoms with Crippen LogP contribution in [0.1, 0.15) is 30.1 Å². The van der Waals surface area contributed by atoms with Crippen LogP contribution in [0.15, 0.2) is 78.4 Å². The number of nitrogens with zero attached hydrogens (tertiary/aromatic N) is 3. The number of benzene rings is 2. The fourth-order valence-electron chi connectivity index (χ4n) is 4.29. The number of likely N-dealkylation sites (tertiary alicyclic amines) is 1. The Kier molecular flexibility index (Phi) is 7.54. The van der Waals surface area contributed by atoms with E-state index in [2.05, 4.69) is 27.5 Å².